The van der Waals surface area contributed by atoms with Crippen LogP contribution in [-0.4, -0.2) is 50.2 Å². The molecule has 294 valence electrons. The lowest BCUT2D eigenvalue weighted by atomic mass is 9.72. The third-order valence-corrected chi connectivity index (χ3v) is 12.5. The van der Waals surface area contributed by atoms with E-state index >= 15 is 0 Å². The Morgan fingerprint density at radius 1 is 0.963 bits per heavy atom. The highest BCUT2D eigenvalue weighted by Crippen LogP contribution is 2.41. The first-order valence-electron chi connectivity index (χ1n) is 19.3. The predicted octanol–water partition coefficient (Wildman–Crippen LogP) is 8.38. The van der Waals surface area contributed by atoms with Gasteiger partial charge in [0.15, 0.2) is 5.78 Å². The number of alkyl halides is 3. The van der Waals surface area contributed by atoms with Gasteiger partial charge in [-0.3, -0.25) is 14.4 Å². The van der Waals surface area contributed by atoms with Crippen molar-refractivity contribution in [3.8, 4) is 0 Å². The second kappa shape index (κ2) is 17.4. The lowest BCUT2D eigenvalue weighted by Gasteiger charge is -2.40. The molecule has 0 aliphatic heterocycles. The van der Waals surface area contributed by atoms with Gasteiger partial charge in [0.05, 0.1) is 22.2 Å². The zero-order valence-corrected chi connectivity index (χ0v) is 32.4. The summed E-state index contributed by atoms with van der Waals surface area (Å²) < 4.78 is 56.8. The Bertz CT molecular complexity index is 1840. The van der Waals surface area contributed by atoms with Crippen molar-refractivity contribution in [1.82, 2.24) is 15.6 Å². The summed E-state index contributed by atoms with van der Waals surface area (Å²) in [5, 5.41) is 16.9. The molecule has 0 bridgehead atoms. The molecule has 2 aromatic carbocycles. The molecule has 1 saturated carbocycles. The largest absolute Gasteiger partial charge is 0.418 e. The molecule has 2 aliphatic carbocycles. The van der Waals surface area contributed by atoms with Crippen LogP contribution in [0.1, 0.15) is 108 Å². The zero-order chi connectivity index (χ0) is 39.4. The molecule has 0 spiro atoms. The van der Waals surface area contributed by atoms with Crippen LogP contribution >= 0.6 is 12.2 Å². The van der Waals surface area contributed by atoms with E-state index in [9.17, 15) is 37.1 Å². The number of H-pyrrole nitrogens is 1. The number of carbonyl (C=O) groups excluding carboxylic acids is 3. The van der Waals surface area contributed by atoms with Crippen molar-refractivity contribution in [1.29, 1.82) is 0 Å². The van der Waals surface area contributed by atoms with Crippen molar-refractivity contribution < 1.29 is 37.1 Å². The Kier molecular flexibility index (Phi) is 13.4. The number of benzene rings is 2. The van der Waals surface area contributed by atoms with Gasteiger partial charge < -0.3 is 20.7 Å². The first-order chi connectivity index (χ1) is 25.6. The van der Waals surface area contributed by atoms with Crippen LogP contribution in [0.5, 0.6) is 0 Å². The summed E-state index contributed by atoms with van der Waals surface area (Å²) in [7, 11) is 0. The number of Topliss-reactive ketones (excluding diaryl/α,β-unsaturated/α-hetero) is 2. The fourth-order valence-corrected chi connectivity index (χ4v) is 8.70. The number of aromatic amines is 1. The van der Waals surface area contributed by atoms with Crippen LogP contribution in [0.4, 0.5) is 17.6 Å². The van der Waals surface area contributed by atoms with Gasteiger partial charge in [0, 0.05) is 54.6 Å². The average molecular weight is 772 g/mol. The number of ketones is 2. The molecule has 12 heteroatoms. The second-order valence-corrected chi connectivity index (χ2v) is 16.1. The van der Waals surface area contributed by atoms with Gasteiger partial charge >= 0.3 is 6.18 Å². The highest BCUT2D eigenvalue weighted by molar-refractivity contribution is 7.80. The van der Waals surface area contributed by atoms with E-state index in [4.69, 9.17) is 12.2 Å². The number of para-hydroxylation sites is 1. The normalized spacial score (nSPS) is 22.5. The lowest BCUT2D eigenvalue weighted by Crippen LogP contribution is -2.60. The minimum absolute atomic E-state index is 0.00123. The van der Waals surface area contributed by atoms with Crippen molar-refractivity contribution in [2.45, 2.75) is 129 Å². The van der Waals surface area contributed by atoms with E-state index in [-0.39, 0.29) is 91.1 Å². The first kappa shape index (κ1) is 41.5. The molecule has 1 amide bonds. The number of aliphatic hydroxyl groups excluding tert-OH is 1. The monoisotopic (exact) mass is 771 g/mol. The molecule has 4 N–H and O–H groups in total. The molecule has 1 heterocycles. The minimum atomic E-state index is -4.60. The van der Waals surface area contributed by atoms with Gasteiger partial charge in [0.25, 0.3) is 0 Å². The molecule has 54 heavy (non-hydrogen) atoms. The Morgan fingerprint density at radius 2 is 1.63 bits per heavy atom. The number of carbonyl (C=O) groups is 3. The number of nitrogens with one attached hydrogen (secondary N) is 3. The molecule has 5 rings (SSSR count). The quantitative estimate of drug-likeness (QED) is 0.0914. The van der Waals surface area contributed by atoms with Crippen LogP contribution in [0.25, 0.3) is 10.9 Å². The summed E-state index contributed by atoms with van der Waals surface area (Å²) >= 11 is 5.95. The summed E-state index contributed by atoms with van der Waals surface area (Å²) in [6.07, 6.45) is -0.844. The van der Waals surface area contributed by atoms with Crippen molar-refractivity contribution in [3.05, 3.63) is 70.7 Å². The standard InChI is InChI=1S/C42H53F4N3O4S/c1-5-24(3)31(21-29(51)20-26-10-7-8-13-35(26)43)39(53)49-41(19-18-36-33(23-41)30-11-9-12-34(38(30)48-36)42(44,45)46)37(52)22-32(25(4)6-2)40(54)47-27-14-16-28(50)17-15-27/h7-13,24-25,27-28,31-32,48,50H,5-6,14-23H2,1-4H3,(H,47,54)(H,49,53)/t24?,25?,27?,28?,31-,32-,41+/m0/s1. The third-order valence-electron chi connectivity index (χ3n) is 12.1. The van der Waals surface area contributed by atoms with Crippen molar-refractivity contribution in [3.63, 3.8) is 0 Å². The number of aromatic nitrogens is 1. The Balaban J connectivity index is 1.49. The van der Waals surface area contributed by atoms with Gasteiger partial charge in [-0.2, -0.15) is 13.2 Å². The number of fused-ring (bicyclic) bond motifs is 3. The van der Waals surface area contributed by atoms with Crippen LogP contribution in [0.2, 0.25) is 0 Å². The molecule has 0 saturated heterocycles. The van der Waals surface area contributed by atoms with Gasteiger partial charge in [-0.25, -0.2) is 4.39 Å². The lowest BCUT2D eigenvalue weighted by molar-refractivity contribution is -0.137. The number of hydrogen-bond donors (Lipinski definition) is 4. The fourth-order valence-electron chi connectivity index (χ4n) is 8.22. The summed E-state index contributed by atoms with van der Waals surface area (Å²) in [6, 6.07) is 10.1. The van der Waals surface area contributed by atoms with Crippen LogP contribution in [0.3, 0.4) is 0 Å². The third kappa shape index (κ3) is 9.41. The highest BCUT2D eigenvalue weighted by Gasteiger charge is 2.47. The number of halogens is 4. The summed E-state index contributed by atoms with van der Waals surface area (Å²) in [5.41, 5.74) is -0.962. The van der Waals surface area contributed by atoms with E-state index in [1.165, 1.54) is 24.3 Å². The summed E-state index contributed by atoms with van der Waals surface area (Å²) in [5.74, 6) is -3.02. The van der Waals surface area contributed by atoms with Gasteiger partial charge in [-0.1, -0.05) is 83.1 Å². The number of hydrogen-bond acceptors (Lipinski definition) is 5. The molecule has 0 radical (unpaired) electrons. The topological polar surface area (TPSA) is 111 Å². The van der Waals surface area contributed by atoms with Crippen LogP contribution in [-0.2, 0) is 39.8 Å². The van der Waals surface area contributed by atoms with Gasteiger partial charge in [-0.05, 0) is 73.6 Å². The number of rotatable bonds is 15. The van der Waals surface area contributed by atoms with E-state index in [0.717, 1.165) is 25.3 Å². The van der Waals surface area contributed by atoms with Gasteiger partial charge in [-0.15, -0.1) is 0 Å². The molecule has 1 fully saturated rings. The molecule has 1 aromatic heterocycles. The second-order valence-electron chi connectivity index (χ2n) is 15.7. The van der Waals surface area contributed by atoms with E-state index in [1.54, 1.807) is 12.1 Å². The van der Waals surface area contributed by atoms with Crippen LogP contribution in [0.15, 0.2) is 42.5 Å². The summed E-state index contributed by atoms with van der Waals surface area (Å²) in [6.45, 7) is 7.81. The van der Waals surface area contributed by atoms with E-state index < -0.39 is 34.9 Å². The number of aryl methyl sites for hydroxylation is 1. The van der Waals surface area contributed by atoms with Crippen LogP contribution < -0.4 is 10.6 Å². The minimum Gasteiger partial charge on any atom is -0.393 e. The van der Waals surface area contributed by atoms with Crippen molar-refractivity contribution in [2.24, 2.45) is 23.7 Å². The maximum Gasteiger partial charge on any atom is 0.418 e. The number of thiocarbonyl (C=S) groups is 1. The van der Waals surface area contributed by atoms with Crippen molar-refractivity contribution >= 4 is 45.6 Å². The Labute approximate surface area is 320 Å². The first-order valence-corrected chi connectivity index (χ1v) is 19.8. The molecule has 2 unspecified atom stereocenters. The molecular formula is C42H53F4N3O4S. The van der Waals surface area contributed by atoms with E-state index in [0.29, 0.717) is 40.9 Å². The zero-order valence-electron chi connectivity index (χ0n) is 31.6. The maximum absolute atomic E-state index is 14.9. The number of amides is 1. The fraction of sp³-hybridized carbons (Fsp3) is 0.571. The molecule has 7 nitrogen and oxygen atoms in total. The number of aliphatic hydroxyl groups is 1. The average Bonchev–Trinajstić information content (AvgIpc) is 3.51. The van der Waals surface area contributed by atoms with Crippen LogP contribution in [0, 0.1) is 29.5 Å². The van der Waals surface area contributed by atoms with E-state index in [1.807, 2.05) is 27.7 Å². The van der Waals surface area contributed by atoms with E-state index in [2.05, 4.69) is 15.6 Å². The SMILES string of the molecule is CCC(C)[C@H](CC(=O)Cc1ccccc1F)C(=O)N[C@]1(C(=O)C[C@H](C(=S)NC2CCC(O)CC2)C(C)CC)CCc2[nH]c3c(C(F)(F)F)cccc3c2C1. The van der Waals surface area contributed by atoms with Gasteiger partial charge in [0.2, 0.25) is 5.91 Å². The Hall–Kier alpha value is -3.64. The van der Waals surface area contributed by atoms with Crippen molar-refractivity contribution in [2.75, 3.05) is 0 Å². The molecule has 2 aliphatic rings. The maximum atomic E-state index is 14.9. The van der Waals surface area contributed by atoms with Gasteiger partial charge in [0.1, 0.15) is 17.1 Å². The highest BCUT2D eigenvalue weighted by atomic mass is 32.1. The summed E-state index contributed by atoms with van der Waals surface area (Å²) in [4.78, 5) is 46.3. The molecule has 3 aromatic rings. The predicted molar refractivity (Wildman–Crippen MR) is 205 cm³/mol. The smallest absolute Gasteiger partial charge is 0.393 e. The Morgan fingerprint density at radius 3 is 2.28 bits per heavy atom. The molecular weight excluding hydrogens is 719 g/mol. The molecule has 5 atom stereocenters.